The summed E-state index contributed by atoms with van der Waals surface area (Å²) in [6, 6.07) is 13.5. The standard InChI is InChI=1S/C19H23NO2/c1-14-12-15(2)16(3)18(13-14)22-11-7-10-20-19(21)17-8-5-4-6-9-17/h4-6,8-9,12-13H,7,10-11H2,1-3H3,(H,20,21). The second-order valence-electron chi connectivity index (χ2n) is 5.53. The van der Waals surface area contributed by atoms with Crippen LogP contribution in [0.5, 0.6) is 5.75 Å². The van der Waals surface area contributed by atoms with Gasteiger partial charge in [-0.05, 0) is 62.1 Å². The van der Waals surface area contributed by atoms with Gasteiger partial charge < -0.3 is 10.1 Å². The van der Waals surface area contributed by atoms with E-state index in [1.54, 1.807) is 0 Å². The van der Waals surface area contributed by atoms with Crippen LogP contribution in [0.2, 0.25) is 0 Å². The first-order valence-electron chi connectivity index (χ1n) is 7.62. The quantitative estimate of drug-likeness (QED) is 0.823. The minimum absolute atomic E-state index is 0.0387. The summed E-state index contributed by atoms with van der Waals surface area (Å²) in [6.07, 6.45) is 0.783. The van der Waals surface area contributed by atoms with Crippen LogP contribution in [0.1, 0.15) is 33.5 Å². The van der Waals surface area contributed by atoms with Crippen LogP contribution in [0, 0.1) is 20.8 Å². The predicted molar refractivity (Wildman–Crippen MR) is 89.5 cm³/mol. The van der Waals surface area contributed by atoms with Crippen LogP contribution in [0.25, 0.3) is 0 Å². The third-order valence-corrected chi connectivity index (χ3v) is 3.66. The molecule has 0 aliphatic rings. The summed E-state index contributed by atoms with van der Waals surface area (Å²) >= 11 is 0. The molecular weight excluding hydrogens is 274 g/mol. The Labute approximate surface area is 132 Å². The number of carbonyl (C=O) groups is 1. The number of amides is 1. The van der Waals surface area contributed by atoms with Gasteiger partial charge in [-0.2, -0.15) is 0 Å². The molecule has 0 aliphatic heterocycles. The molecule has 2 aromatic carbocycles. The molecule has 0 aliphatic carbocycles. The van der Waals surface area contributed by atoms with Crippen molar-refractivity contribution in [2.45, 2.75) is 27.2 Å². The molecular formula is C19H23NO2. The van der Waals surface area contributed by atoms with Gasteiger partial charge in [0.2, 0.25) is 0 Å². The summed E-state index contributed by atoms with van der Waals surface area (Å²) < 4.78 is 5.83. The zero-order valence-electron chi connectivity index (χ0n) is 13.5. The van der Waals surface area contributed by atoms with Crippen molar-refractivity contribution in [3.05, 3.63) is 64.7 Å². The molecule has 0 bridgehead atoms. The number of aryl methyl sites for hydroxylation is 2. The number of nitrogens with one attached hydrogen (secondary N) is 1. The lowest BCUT2D eigenvalue weighted by molar-refractivity contribution is 0.0951. The molecule has 116 valence electrons. The van der Waals surface area contributed by atoms with Crippen molar-refractivity contribution >= 4 is 5.91 Å². The topological polar surface area (TPSA) is 38.3 Å². The van der Waals surface area contributed by atoms with E-state index in [4.69, 9.17) is 4.74 Å². The van der Waals surface area contributed by atoms with Crippen molar-refractivity contribution in [2.75, 3.05) is 13.2 Å². The molecule has 0 heterocycles. The molecule has 0 aromatic heterocycles. The second-order valence-corrected chi connectivity index (χ2v) is 5.53. The molecule has 3 heteroatoms. The average molecular weight is 297 g/mol. The Morgan fingerprint density at radius 1 is 1.09 bits per heavy atom. The zero-order valence-corrected chi connectivity index (χ0v) is 13.5. The number of ether oxygens (including phenoxy) is 1. The monoisotopic (exact) mass is 297 g/mol. The van der Waals surface area contributed by atoms with E-state index >= 15 is 0 Å². The minimum Gasteiger partial charge on any atom is -0.493 e. The van der Waals surface area contributed by atoms with Gasteiger partial charge in [-0.15, -0.1) is 0 Å². The van der Waals surface area contributed by atoms with E-state index in [9.17, 15) is 4.79 Å². The van der Waals surface area contributed by atoms with Crippen molar-refractivity contribution in [2.24, 2.45) is 0 Å². The van der Waals surface area contributed by atoms with Crippen molar-refractivity contribution < 1.29 is 9.53 Å². The number of carbonyl (C=O) groups excluding carboxylic acids is 1. The summed E-state index contributed by atoms with van der Waals surface area (Å²) in [5, 5.41) is 2.90. The van der Waals surface area contributed by atoms with E-state index in [2.05, 4.69) is 38.2 Å². The molecule has 2 rings (SSSR count). The van der Waals surface area contributed by atoms with Crippen LogP contribution >= 0.6 is 0 Å². The van der Waals surface area contributed by atoms with E-state index in [0.717, 1.165) is 12.2 Å². The number of hydrogen-bond acceptors (Lipinski definition) is 2. The lowest BCUT2D eigenvalue weighted by Crippen LogP contribution is -2.25. The smallest absolute Gasteiger partial charge is 0.251 e. The Bertz CT molecular complexity index is 635. The largest absolute Gasteiger partial charge is 0.493 e. The Kier molecular flexibility index (Phi) is 5.59. The van der Waals surface area contributed by atoms with Crippen LogP contribution in [-0.4, -0.2) is 19.1 Å². The fourth-order valence-corrected chi connectivity index (χ4v) is 2.30. The van der Waals surface area contributed by atoms with E-state index < -0.39 is 0 Å². The summed E-state index contributed by atoms with van der Waals surface area (Å²) in [4.78, 5) is 11.9. The molecule has 0 fully saturated rings. The van der Waals surface area contributed by atoms with Gasteiger partial charge in [0.05, 0.1) is 6.61 Å². The van der Waals surface area contributed by atoms with Crippen molar-refractivity contribution in [3.8, 4) is 5.75 Å². The first-order valence-corrected chi connectivity index (χ1v) is 7.62. The third kappa shape index (κ3) is 4.35. The van der Waals surface area contributed by atoms with Crippen molar-refractivity contribution in [3.63, 3.8) is 0 Å². The number of hydrogen-bond donors (Lipinski definition) is 1. The fraction of sp³-hybridized carbons (Fsp3) is 0.316. The van der Waals surface area contributed by atoms with Gasteiger partial charge in [0.1, 0.15) is 5.75 Å². The summed E-state index contributed by atoms with van der Waals surface area (Å²) in [5.41, 5.74) is 4.32. The molecule has 0 spiro atoms. The molecule has 0 saturated carbocycles. The Morgan fingerprint density at radius 2 is 1.82 bits per heavy atom. The molecule has 1 N–H and O–H groups in total. The molecule has 1 amide bonds. The third-order valence-electron chi connectivity index (χ3n) is 3.66. The molecule has 22 heavy (non-hydrogen) atoms. The molecule has 0 atom stereocenters. The van der Waals surface area contributed by atoms with E-state index in [1.165, 1.54) is 16.7 Å². The van der Waals surface area contributed by atoms with E-state index in [0.29, 0.717) is 18.7 Å². The van der Waals surface area contributed by atoms with Crippen LogP contribution in [0.4, 0.5) is 0 Å². The summed E-state index contributed by atoms with van der Waals surface area (Å²) in [5.74, 6) is 0.898. The van der Waals surface area contributed by atoms with Gasteiger partial charge in [0.25, 0.3) is 5.91 Å². The Balaban J connectivity index is 1.75. The van der Waals surface area contributed by atoms with Crippen LogP contribution in [0.15, 0.2) is 42.5 Å². The summed E-state index contributed by atoms with van der Waals surface area (Å²) in [7, 11) is 0. The molecule has 3 nitrogen and oxygen atoms in total. The molecule has 0 saturated heterocycles. The number of rotatable bonds is 6. The highest BCUT2D eigenvalue weighted by Crippen LogP contribution is 2.23. The normalized spacial score (nSPS) is 10.3. The SMILES string of the molecule is Cc1cc(C)c(C)c(OCCCNC(=O)c2ccccc2)c1. The van der Waals surface area contributed by atoms with Crippen molar-refractivity contribution in [1.29, 1.82) is 0 Å². The molecule has 0 radical (unpaired) electrons. The van der Waals surface area contributed by atoms with E-state index in [1.807, 2.05) is 30.3 Å². The summed E-state index contributed by atoms with van der Waals surface area (Å²) in [6.45, 7) is 7.44. The molecule has 2 aromatic rings. The maximum Gasteiger partial charge on any atom is 0.251 e. The van der Waals surface area contributed by atoms with Crippen LogP contribution in [0.3, 0.4) is 0 Å². The average Bonchev–Trinajstić information content (AvgIpc) is 2.52. The van der Waals surface area contributed by atoms with Gasteiger partial charge in [-0.3, -0.25) is 4.79 Å². The first-order chi connectivity index (χ1) is 10.6. The van der Waals surface area contributed by atoms with Gasteiger partial charge >= 0.3 is 0 Å². The van der Waals surface area contributed by atoms with Gasteiger partial charge in [0, 0.05) is 12.1 Å². The number of benzene rings is 2. The second kappa shape index (κ2) is 7.64. The highest BCUT2D eigenvalue weighted by Gasteiger charge is 2.05. The maximum absolute atomic E-state index is 11.9. The Morgan fingerprint density at radius 3 is 2.55 bits per heavy atom. The van der Waals surface area contributed by atoms with Crippen molar-refractivity contribution in [1.82, 2.24) is 5.32 Å². The zero-order chi connectivity index (χ0) is 15.9. The van der Waals surface area contributed by atoms with Gasteiger partial charge in [-0.25, -0.2) is 0 Å². The van der Waals surface area contributed by atoms with E-state index in [-0.39, 0.29) is 5.91 Å². The van der Waals surface area contributed by atoms with Gasteiger partial charge in [-0.1, -0.05) is 24.3 Å². The van der Waals surface area contributed by atoms with Crippen LogP contribution in [-0.2, 0) is 0 Å². The van der Waals surface area contributed by atoms with Crippen LogP contribution < -0.4 is 10.1 Å². The fourth-order valence-electron chi connectivity index (χ4n) is 2.30. The molecule has 0 unspecified atom stereocenters. The minimum atomic E-state index is -0.0387. The highest BCUT2D eigenvalue weighted by atomic mass is 16.5. The lowest BCUT2D eigenvalue weighted by atomic mass is 10.1. The van der Waals surface area contributed by atoms with Gasteiger partial charge in [0.15, 0.2) is 0 Å². The predicted octanol–water partition coefficient (Wildman–Crippen LogP) is 3.81. The highest BCUT2D eigenvalue weighted by molar-refractivity contribution is 5.94. The Hall–Kier alpha value is -2.29. The maximum atomic E-state index is 11.9. The lowest BCUT2D eigenvalue weighted by Gasteiger charge is -2.12. The first kappa shape index (κ1) is 16.1.